The number of benzene rings is 3. The Morgan fingerprint density at radius 1 is 0.720 bits per heavy atom. The van der Waals surface area contributed by atoms with Gasteiger partial charge < -0.3 is 4.57 Å². The van der Waals surface area contributed by atoms with E-state index in [9.17, 15) is 0 Å². The molecule has 2 aromatic heterocycles. The molecule has 0 aliphatic carbocycles. The summed E-state index contributed by atoms with van der Waals surface area (Å²) in [6, 6.07) is 24.5. The van der Waals surface area contributed by atoms with E-state index in [4.69, 9.17) is 0 Å². The summed E-state index contributed by atoms with van der Waals surface area (Å²) in [6.45, 7) is 4.70. The number of para-hydroxylation sites is 2. The number of rotatable bonds is 0. The first-order valence-corrected chi connectivity index (χ1v) is 9.54. The van der Waals surface area contributed by atoms with Crippen LogP contribution < -0.4 is 0 Å². The smallest absolute Gasteiger partial charge is 0.0727 e. The number of hydrogen-bond donors (Lipinski definition) is 0. The second kappa shape index (κ2) is 4.33. The highest BCUT2D eigenvalue weighted by Gasteiger charge is 2.35. The zero-order valence-corrected chi connectivity index (χ0v) is 15.0. The monoisotopic (exact) mass is 339 g/mol. The van der Waals surface area contributed by atoms with E-state index in [1.807, 2.05) is 11.3 Å². The Kier molecular flexibility index (Phi) is 2.37. The molecule has 0 unspecified atom stereocenters. The van der Waals surface area contributed by atoms with E-state index < -0.39 is 0 Å². The first-order chi connectivity index (χ1) is 12.2. The third kappa shape index (κ3) is 1.50. The SMILES string of the molecule is CC1(C)c2ccccc2-n2c3c1cccc3c1sc3ccccc3c12. The molecule has 0 fully saturated rings. The highest BCUT2D eigenvalue weighted by molar-refractivity contribution is 7.26. The molecule has 0 saturated heterocycles. The van der Waals surface area contributed by atoms with Gasteiger partial charge in [-0.25, -0.2) is 0 Å². The second-order valence-corrected chi connectivity index (χ2v) is 8.51. The lowest BCUT2D eigenvalue weighted by molar-refractivity contribution is 0.630. The van der Waals surface area contributed by atoms with Crippen LogP contribution in [-0.4, -0.2) is 4.57 Å². The van der Waals surface area contributed by atoms with E-state index >= 15 is 0 Å². The summed E-state index contributed by atoms with van der Waals surface area (Å²) in [5, 5.41) is 2.75. The van der Waals surface area contributed by atoms with Crippen LogP contribution in [0, 0.1) is 0 Å². The summed E-state index contributed by atoms with van der Waals surface area (Å²) >= 11 is 1.92. The third-order valence-corrected chi connectivity index (χ3v) is 6.98. The average molecular weight is 339 g/mol. The molecule has 0 N–H and O–H groups in total. The molecule has 5 aromatic rings. The number of hydrogen-bond acceptors (Lipinski definition) is 1. The summed E-state index contributed by atoms with van der Waals surface area (Å²) in [5.41, 5.74) is 6.93. The lowest BCUT2D eigenvalue weighted by Crippen LogP contribution is -2.26. The summed E-state index contributed by atoms with van der Waals surface area (Å²) in [4.78, 5) is 0. The maximum Gasteiger partial charge on any atom is 0.0727 e. The van der Waals surface area contributed by atoms with Gasteiger partial charge >= 0.3 is 0 Å². The number of fused-ring (bicyclic) bond motifs is 7. The topological polar surface area (TPSA) is 4.93 Å². The molecule has 0 atom stereocenters. The van der Waals surface area contributed by atoms with Crippen LogP contribution in [0.4, 0.5) is 0 Å². The Hall–Kier alpha value is -2.58. The molecule has 6 rings (SSSR count). The van der Waals surface area contributed by atoms with Crippen molar-refractivity contribution in [1.29, 1.82) is 0 Å². The molecule has 1 aliphatic rings. The second-order valence-electron chi connectivity index (χ2n) is 7.46. The van der Waals surface area contributed by atoms with Crippen LogP contribution in [0.5, 0.6) is 0 Å². The lowest BCUT2D eigenvalue weighted by Gasteiger charge is -2.34. The first kappa shape index (κ1) is 13.7. The van der Waals surface area contributed by atoms with Crippen molar-refractivity contribution < 1.29 is 0 Å². The summed E-state index contributed by atoms with van der Waals surface area (Å²) < 4.78 is 5.29. The van der Waals surface area contributed by atoms with E-state index in [0.29, 0.717) is 0 Å². The highest BCUT2D eigenvalue weighted by atomic mass is 32.1. The van der Waals surface area contributed by atoms with Crippen molar-refractivity contribution in [2.24, 2.45) is 0 Å². The van der Waals surface area contributed by atoms with E-state index in [0.717, 1.165) is 0 Å². The van der Waals surface area contributed by atoms with Crippen molar-refractivity contribution in [1.82, 2.24) is 4.57 Å². The Bertz CT molecular complexity index is 1320. The molecule has 0 saturated carbocycles. The molecule has 1 aliphatic heterocycles. The van der Waals surface area contributed by atoms with Crippen molar-refractivity contribution in [2.75, 3.05) is 0 Å². The van der Waals surface area contributed by atoms with E-state index in [1.165, 1.54) is 48.0 Å². The number of thiophene rings is 1. The zero-order chi connectivity index (χ0) is 16.8. The molecule has 2 heteroatoms. The van der Waals surface area contributed by atoms with Gasteiger partial charge in [0.05, 0.1) is 21.4 Å². The first-order valence-electron chi connectivity index (χ1n) is 8.73. The van der Waals surface area contributed by atoms with Gasteiger partial charge in [0.2, 0.25) is 0 Å². The summed E-state index contributed by atoms with van der Waals surface area (Å²) in [5.74, 6) is 0. The van der Waals surface area contributed by atoms with Crippen LogP contribution in [-0.2, 0) is 5.41 Å². The van der Waals surface area contributed by atoms with E-state index in [2.05, 4.69) is 85.1 Å². The zero-order valence-electron chi connectivity index (χ0n) is 14.2. The van der Waals surface area contributed by atoms with Gasteiger partial charge in [-0.2, -0.15) is 0 Å². The van der Waals surface area contributed by atoms with Gasteiger partial charge in [0.25, 0.3) is 0 Å². The molecular formula is C23H17NS. The van der Waals surface area contributed by atoms with Crippen molar-refractivity contribution in [3.05, 3.63) is 77.9 Å². The van der Waals surface area contributed by atoms with E-state index in [-0.39, 0.29) is 5.41 Å². The maximum absolute atomic E-state index is 2.51. The summed E-state index contributed by atoms with van der Waals surface area (Å²) in [7, 11) is 0. The Labute approximate surface area is 150 Å². The van der Waals surface area contributed by atoms with Crippen molar-refractivity contribution in [3.8, 4) is 5.69 Å². The van der Waals surface area contributed by atoms with Gasteiger partial charge in [-0.15, -0.1) is 11.3 Å². The highest BCUT2D eigenvalue weighted by Crippen LogP contribution is 2.50. The molecule has 3 heterocycles. The van der Waals surface area contributed by atoms with Crippen LogP contribution in [0.2, 0.25) is 0 Å². The normalized spacial score (nSPS) is 15.1. The fraction of sp³-hybridized carbons (Fsp3) is 0.130. The standard InChI is InChI=1S/C23H17NS/c1-23(2)16-10-4-5-12-18(16)24-20-15(9-7-11-17(20)23)22-21(24)14-8-3-6-13-19(14)25-22/h3-13H,1-2H3. The van der Waals surface area contributed by atoms with Gasteiger partial charge in [-0.1, -0.05) is 68.4 Å². The molecule has 0 radical (unpaired) electrons. The summed E-state index contributed by atoms with van der Waals surface area (Å²) in [6.07, 6.45) is 0. The van der Waals surface area contributed by atoms with E-state index in [1.54, 1.807) is 0 Å². The minimum absolute atomic E-state index is 0.0162. The fourth-order valence-corrected chi connectivity index (χ4v) is 5.82. The molecule has 0 bridgehead atoms. The van der Waals surface area contributed by atoms with Crippen LogP contribution in [0.3, 0.4) is 0 Å². The molecule has 0 spiro atoms. The van der Waals surface area contributed by atoms with Crippen molar-refractivity contribution in [2.45, 2.75) is 19.3 Å². The quantitative estimate of drug-likeness (QED) is 0.298. The molecule has 3 aromatic carbocycles. The lowest BCUT2D eigenvalue weighted by atomic mass is 9.75. The predicted octanol–water partition coefficient (Wildman–Crippen LogP) is 6.64. The Balaban J connectivity index is 1.98. The van der Waals surface area contributed by atoms with Gasteiger partial charge in [0.1, 0.15) is 0 Å². The van der Waals surface area contributed by atoms with Gasteiger partial charge in [-0.3, -0.25) is 0 Å². The largest absolute Gasteiger partial charge is 0.307 e. The molecule has 1 nitrogen and oxygen atoms in total. The van der Waals surface area contributed by atoms with Gasteiger partial charge in [0.15, 0.2) is 0 Å². The van der Waals surface area contributed by atoms with Crippen LogP contribution in [0.1, 0.15) is 25.0 Å². The van der Waals surface area contributed by atoms with Crippen LogP contribution in [0.15, 0.2) is 66.7 Å². The average Bonchev–Trinajstić information content (AvgIpc) is 3.16. The Morgan fingerprint density at radius 2 is 1.44 bits per heavy atom. The minimum Gasteiger partial charge on any atom is -0.307 e. The third-order valence-electron chi connectivity index (χ3n) is 5.79. The van der Waals surface area contributed by atoms with Gasteiger partial charge in [0, 0.05) is 20.9 Å². The molecular weight excluding hydrogens is 322 g/mol. The van der Waals surface area contributed by atoms with Gasteiger partial charge in [-0.05, 0) is 23.3 Å². The molecule has 25 heavy (non-hydrogen) atoms. The molecule has 120 valence electrons. The molecule has 0 amide bonds. The van der Waals surface area contributed by atoms with Crippen LogP contribution in [0.25, 0.3) is 36.9 Å². The van der Waals surface area contributed by atoms with Crippen LogP contribution >= 0.6 is 11.3 Å². The fourth-order valence-electron chi connectivity index (χ4n) is 4.60. The van der Waals surface area contributed by atoms with Crippen molar-refractivity contribution in [3.63, 3.8) is 0 Å². The Morgan fingerprint density at radius 3 is 2.36 bits per heavy atom. The number of nitrogens with zero attached hydrogens (tertiary/aromatic N) is 1. The predicted molar refractivity (Wildman–Crippen MR) is 108 cm³/mol. The maximum atomic E-state index is 2.51. The van der Waals surface area contributed by atoms with Crippen molar-refractivity contribution >= 4 is 42.5 Å². The number of aromatic nitrogens is 1. The minimum atomic E-state index is 0.0162.